The van der Waals surface area contributed by atoms with Gasteiger partial charge in [0.2, 0.25) is 0 Å². The van der Waals surface area contributed by atoms with Crippen molar-refractivity contribution in [1.29, 1.82) is 0 Å². The van der Waals surface area contributed by atoms with Crippen LogP contribution in [0.15, 0.2) is 12.7 Å². The first kappa shape index (κ1) is 15.7. The molecule has 0 aliphatic heterocycles. The molecule has 1 unspecified atom stereocenters. The fourth-order valence-electron chi connectivity index (χ4n) is 1.87. The Labute approximate surface area is 103 Å². The van der Waals surface area contributed by atoms with E-state index in [2.05, 4.69) is 6.58 Å². The first-order valence-corrected chi connectivity index (χ1v) is 6.06. The molecule has 0 rings (SSSR count). The second kappa shape index (κ2) is 7.87. The van der Waals surface area contributed by atoms with Crippen molar-refractivity contribution in [3.8, 4) is 0 Å². The average molecular weight is 242 g/mol. The SMILES string of the molecule is C=CCCCC(CCC)(C(=O)O)C(=O)OCC. The lowest BCUT2D eigenvalue weighted by Crippen LogP contribution is -2.40. The molecule has 0 aliphatic rings. The van der Waals surface area contributed by atoms with Crippen LogP contribution in [0.5, 0.6) is 0 Å². The number of aliphatic carboxylic acids is 1. The second-order valence-electron chi connectivity index (χ2n) is 4.04. The van der Waals surface area contributed by atoms with E-state index in [0.29, 0.717) is 32.1 Å². The summed E-state index contributed by atoms with van der Waals surface area (Å²) in [6, 6.07) is 0. The average Bonchev–Trinajstić information content (AvgIpc) is 2.28. The molecule has 0 fully saturated rings. The van der Waals surface area contributed by atoms with E-state index in [1.165, 1.54) is 0 Å². The lowest BCUT2D eigenvalue weighted by atomic mass is 9.78. The van der Waals surface area contributed by atoms with E-state index in [0.717, 1.165) is 0 Å². The third-order valence-electron chi connectivity index (χ3n) is 2.76. The molecule has 0 bridgehead atoms. The van der Waals surface area contributed by atoms with Gasteiger partial charge in [0, 0.05) is 0 Å². The van der Waals surface area contributed by atoms with Crippen LogP contribution in [0, 0.1) is 5.41 Å². The minimum absolute atomic E-state index is 0.207. The number of carbonyl (C=O) groups excluding carboxylic acids is 1. The number of allylic oxidation sites excluding steroid dienone is 1. The number of rotatable bonds is 9. The molecular weight excluding hydrogens is 220 g/mol. The largest absolute Gasteiger partial charge is 0.480 e. The predicted molar refractivity (Wildman–Crippen MR) is 65.7 cm³/mol. The molecule has 0 saturated heterocycles. The molecule has 0 saturated carbocycles. The molecule has 1 N–H and O–H groups in total. The van der Waals surface area contributed by atoms with Crippen LogP contribution in [0.4, 0.5) is 0 Å². The second-order valence-corrected chi connectivity index (χ2v) is 4.04. The topological polar surface area (TPSA) is 63.6 Å². The van der Waals surface area contributed by atoms with Crippen molar-refractivity contribution < 1.29 is 19.4 Å². The molecule has 0 heterocycles. The van der Waals surface area contributed by atoms with Crippen LogP contribution in [0.1, 0.15) is 46.0 Å². The molecule has 0 aromatic rings. The molecule has 0 aromatic heterocycles. The predicted octanol–water partition coefficient (Wildman–Crippen LogP) is 2.78. The third-order valence-corrected chi connectivity index (χ3v) is 2.76. The molecule has 4 nitrogen and oxygen atoms in total. The highest BCUT2D eigenvalue weighted by Crippen LogP contribution is 2.32. The van der Waals surface area contributed by atoms with Gasteiger partial charge >= 0.3 is 11.9 Å². The van der Waals surface area contributed by atoms with Gasteiger partial charge < -0.3 is 9.84 Å². The zero-order valence-corrected chi connectivity index (χ0v) is 10.7. The van der Waals surface area contributed by atoms with E-state index in [-0.39, 0.29) is 6.61 Å². The van der Waals surface area contributed by atoms with Gasteiger partial charge in [0.1, 0.15) is 0 Å². The Balaban J connectivity index is 4.90. The summed E-state index contributed by atoms with van der Waals surface area (Å²) >= 11 is 0. The Kier molecular flexibility index (Phi) is 7.26. The van der Waals surface area contributed by atoms with Gasteiger partial charge in [-0.15, -0.1) is 6.58 Å². The number of ether oxygens (including phenoxy) is 1. The van der Waals surface area contributed by atoms with Crippen molar-refractivity contribution in [1.82, 2.24) is 0 Å². The number of carboxylic acids is 1. The van der Waals surface area contributed by atoms with Gasteiger partial charge in [-0.05, 0) is 32.6 Å². The zero-order chi connectivity index (χ0) is 13.3. The maximum absolute atomic E-state index is 11.9. The molecule has 0 spiro atoms. The minimum Gasteiger partial charge on any atom is -0.480 e. The maximum Gasteiger partial charge on any atom is 0.323 e. The summed E-state index contributed by atoms with van der Waals surface area (Å²) in [5, 5.41) is 9.32. The molecular formula is C13H22O4. The zero-order valence-electron chi connectivity index (χ0n) is 10.7. The monoisotopic (exact) mass is 242 g/mol. The van der Waals surface area contributed by atoms with Crippen LogP contribution < -0.4 is 0 Å². The van der Waals surface area contributed by atoms with Crippen molar-refractivity contribution >= 4 is 11.9 Å². The third kappa shape index (κ3) is 4.21. The van der Waals surface area contributed by atoms with Gasteiger partial charge in [-0.1, -0.05) is 19.4 Å². The smallest absolute Gasteiger partial charge is 0.323 e. The Bertz CT molecular complexity index is 273. The van der Waals surface area contributed by atoms with E-state index in [1.54, 1.807) is 13.0 Å². The summed E-state index contributed by atoms with van der Waals surface area (Å²) in [5.74, 6) is -1.69. The van der Waals surface area contributed by atoms with Crippen molar-refractivity contribution in [2.45, 2.75) is 46.0 Å². The van der Waals surface area contributed by atoms with Crippen LogP contribution in [-0.4, -0.2) is 23.7 Å². The summed E-state index contributed by atoms with van der Waals surface area (Å²) in [5.41, 5.74) is -1.38. The quantitative estimate of drug-likeness (QED) is 0.292. The summed E-state index contributed by atoms with van der Waals surface area (Å²) < 4.78 is 4.91. The molecule has 4 heteroatoms. The van der Waals surface area contributed by atoms with Crippen LogP contribution in [-0.2, 0) is 14.3 Å². The number of esters is 1. The number of unbranched alkanes of at least 4 members (excludes halogenated alkanes) is 1. The fraction of sp³-hybridized carbons (Fsp3) is 0.692. The molecule has 17 heavy (non-hydrogen) atoms. The Morgan fingerprint density at radius 1 is 1.35 bits per heavy atom. The number of carbonyl (C=O) groups is 2. The highest BCUT2D eigenvalue weighted by Gasteiger charge is 2.46. The fourth-order valence-corrected chi connectivity index (χ4v) is 1.87. The molecule has 0 aliphatic carbocycles. The van der Waals surface area contributed by atoms with Crippen molar-refractivity contribution in [2.24, 2.45) is 5.41 Å². The van der Waals surface area contributed by atoms with E-state index < -0.39 is 17.4 Å². The van der Waals surface area contributed by atoms with Crippen LogP contribution >= 0.6 is 0 Å². The lowest BCUT2D eigenvalue weighted by molar-refractivity contribution is -0.170. The molecule has 0 radical (unpaired) electrons. The first-order valence-electron chi connectivity index (χ1n) is 6.06. The van der Waals surface area contributed by atoms with E-state index >= 15 is 0 Å². The summed E-state index contributed by atoms with van der Waals surface area (Å²) in [6.45, 7) is 7.34. The van der Waals surface area contributed by atoms with Crippen molar-refractivity contribution in [3.63, 3.8) is 0 Å². The number of carboxylic acid groups (broad SMARTS) is 1. The van der Waals surface area contributed by atoms with Gasteiger partial charge in [0.05, 0.1) is 6.61 Å². The van der Waals surface area contributed by atoms with Crippen molar-refractivity contribution in [2.75, 3.05) is 6.61 Å². The van der Waals surface area contributed by atoms with Gasteiger partial charge in [-0.25, -0.2) is 0 Å². The van der Waals surface area contributed by atoms with E-state index in [1.807, 2.05) is 6.92 Å². The molecule has 0 amide bonds. The Morgan fingerprint density at radius 2 is 2.00 bits per heavy atom. The van der Waals surface area contributed by atoms with Gasteiger partial charge in [-0.2, -0.15) is 0 Å². The van der Waals surface area contributed by atoms with E-state index in [9.17, 15) is 14.7 Å². The summed E-state index contributed by atoms with van der Waals surface area (Å²) in [4.78, 5) is 23.3. The first-order chi connectivity index (χ1) is 8.05. The highest BCUT2D eigenvalue weighted by molar-refractivity contribution is 5.99. The highest BCUT2D eigenvalue weighted by atomic mass is 16.5. The van der Waals surface area contributed by atoms with Gasteiger partial charge in [-0.3, -0.25) is 9.59 Å². The standard InChI is InChI=1S/C13H22O4/c1-4-7-8-10-13(9-5-2,11(14)15)12(16)17-6-3/h4H,1,5-10H2,2-3H3,(H,14,15). The Hall–Kier alpha value is -1.32. The van der Waals surface area contributed by atoms with Crippen LogP contribution in [0.3, 0.4) is 0 Å². The summed E-state index contributed by atoms with van der Waals surface area (Å²) in [6.07, 6.45) is 4.33. The Morgan fingerprint density at radius 3 is 2.41 bits per heavy atom. The van der Waals surface area contributed by atoms with Gasteiger partial charge in [0.25, 0.3) is 0 Å². The van der Waals surface area contributed by atoms with Gasteiger partial charge in [0.15, 0.2) is 5.41 Å². The molecule has 98 valence electrons. The maximum atomic E-state index is 11.9. The normalized spacial score (nSPS) is 13.8. The molecule has 1 atom stereocenters. The number of hydrogen-bond donors (Lipinski definition) is 1. The minimum atomic E-state index is -1.38. The summed E-state index contributed by atoms with van der Waals surface area (Å²) in [7, 11) is 0. The lowest BCUT2D eigenvalue weighted by Gasteiger charge is -2.26. The molecule has 0 aromatic carbocycles. The van der Waals surface area contributed by atoms with Crippen LogP contribution in [0.2, 0.25) is 0 Å². The van der Waals surface area contributed by atoms with Crippen LogP contribution in [0.25, 0.3) is 0 Å². The number of hydrogen-bond acceptors (Lipinski definition) is 3. The van der Waals surface area contributed by atoms with E-state index in [4.69, 9.17) is 4.74 Å². The van der Waals surface area contributed by atoms with Crippen molar-refractivity contribution in [3.05, 3.63) is 12.7 Å².